The largest absolute Gasteiger partial charge is 0.313 e. The summed E-state index contributed by atoms with van der Waals surface area (Å²) in [6, 6.07) is 8.41. The van der Waals surface area contributed by atoms with Crippen LogP contribution in [0.5, 0.6) is 0 Å². The SMILES string of the molecule is CCC(=O)C(CNC(C)C)c1ccc(Br)cc1. The summed E-state index contributed by atoms with van der Waals surface area (Å²) in [6.07, 6.45) is 0.584. The molecule has 2 nitrogen and oxygen atoms in total. The topological polar surface area (TPSA) is 29.1 Å². The van der Waals surface area contributed by atoms with Crippen molar-refractivity contribution in [3.05, 3.63) is 34.3 Å². The Balaban J connectivity index is 2.82. The maximum atomic E-state index is 12.0. The summed E-state index contributed by atoms with van der Waals surface area (Å²) in [6.45, 7) is 6.82. The van der Waals surface area contributed by atoms with Gasteiger partial charge in [-0.15, -0.1) is 0 Å². The Morgan fingerprint density at radius 3 is 2.35 bits per heavy atom. The fourth-order valence-electron chi connectivity index (χ4n) is 1.71. The molecule has 1 N–H and O–H groups in total. The van der Waals surface area contributed by atoms with Crippen LogP contribution in [0, 0.1) is 0 Å². The van der Waals surface area contributed by atoms with E-state index in [4.69, 9.17) is 0 Å². The van der Waals surface area contributed by atoms with Gasteiger partial charge < -0.3 is 5.32 Å². The van der Waals surface area contributed by atoms with Crippen LogP contribution in [0.2, 0.25) is 0 Å². The Morgan fingerprint density at radius 1 is 1.29 bits per heavy atom. The molecule has 3 heteroatoms. The normalized spacial score (nSPS) is 12.8. The van der Waals surface area contributed by atoms with E-state index in [0.29, 0.717) is 24.8 Å². The Labute approximate surface area is 112 Å². The van der Waals surface area contributed by atoms with Crippen molar-refractivity contribution in [2.75, 3.05) is 6.54 Å². The first-order chi connectivity index (χ1) is 8.04. The molecule has 0 aliphatic rings. The molecule has 0 spiro atoms. The van der Waals surface area contributed by atoms with E-state index in [1.54, 1.807) is 0 Å². The van der Waals surface area contributed by atoms with Crippen LogP contribution >= 0.6 is 15.9 Å². The van der Waals surface area contributed by atoms with Crippen molar-refractivity contribution < 1.29 is 4.79 Å². The van der Waals surface area contributed by atoms with Crippen molar-refractivity contribution in [2.45, 2.75) is 39.2 Å². The van der Waals surface area contributed by atoms with E-state index in [-0.39, 0.29) is 5.92 Å². The van der Waals surface area contributed by atoms with Crippen molar-refractivity contribution in [1.29, 1.82) is 0 Å². The van der Waals surface area contributed by atoms with Crippen molar-refractivity contribution in [3.8, 4) is 0 Å². The molecule has 0 heterocycles. The summed E-state index contributed by atoms with van der Waals surface area (Å²) in [4.78, 5) is 12.0. The molecule has 0 aliphatic carbocycles. The van der Waals surface area contributed by atoms with E-state index in [1.807, 2.05) is 31.2 Å². The molecule has 0 aliphatic heterocycles. The van der Waals surface area contributed by atoms with E-state index >= 15 is 0 Å². The first-order valence-electron chi connectivity index (χ1n) is 6.06. The van der Waals surface area contributed by atoms with Crippen LogP contribution in [0.1, 0.15) is 38.7 Å². The predicted molar refractivity (Wildman–Crippen MR) is 75.3 cm³/mol. The molecule has 1 aromatic carbocycles. The Morgan fingerprint density at radius 2 is 1.88 bits per heavy atom. The number of hydrogen-bond acceptors (Lipinski definition) is 2. The summed E-state index contributed by atoms with van der Waals surface area (Å²) in [5, 5.41) is 3.34. The second kappa shape index (κ2) is 6.92. The molecule has 94 valence electrons. The summed E-state index contributed by atoms with van der Waals surface area (Å²) in [5.74, 6) is 0.260. The van der Waals surface area contributed by atoms with E-state index in [2.05, 4.69) is 35.1 Å². The molecule has 0 saturated heterocycles. The van der Waals surface area contributed by atoms with Crippen LogP contribution in [-0.4, -0.2) is 18.4 Å². The molecule has 0 fully saturated rings. The van der Waals surface area contributed by atoms with E-state index in [1.165, 1.54) is 0 Å². The quantitative estimate of drug-likeness (QED) is 0.870. The molecule has 0 saturated carbocycles. The molecule has 1 atom stereocenters. The van der Waals surface area contributed by atoms with Crippen LogP contribution in [0.4, 0.5) is 0 Å². The highest BCUT2D eigenvalue weighted by atomic mass is 79.9. The molecule has 1 unspecified atom stereocenters. The third-order valence-corrected chi connectivity index (χ3v) is 3.27. The minimum absolute atomic E-state index is 0.0319. The van der Waals surface area contributed by atoms with Gasteiger partial charge in [-0.1, -0.05) is 48.8 Å². The average molecular weight is 298 g/mol. The lowest BCUT2D eigenvalue weighted by molar-refractivity contribution is -0.120. The van der Waals surface area contributed by atoms with Gasteiger partial charge in [0.25, 0.3) is 0 Å². The molecule has 1 aromatic rings. The van der Waals surface area contributed by atoms with Gasteiger partial charge in [0.05, 0.1) is 5.92 Å². The van der Waals surface area contributed by atoms with Crippen LogP contribution in [0.3, 0.4) is 0 Å². The van der Waals surface area contributed by atoms with Crippen molar-refractivity contribution in [1.82, 2.24) is 5.32 Å². The minimum Gasteiger partial charge on any atom is -0.313 e. The third kappa shape index (κ3) is 4.60. The van der Waals surface area contributed by atoms with Gasteiger partial charge in [0.15, 0.2) is 0 Å². The number of Topliss-reactive ketones (excluding diaryl/α,β-unsaturated/α-hetero) is 1. The molecule has 0 radical (unpaired) electrons. The molecular weight excluding hydrogens is 278 g/mol. The molecule has 0 amide bonds. The number of nitrogens with one attached hydrogen (secondary N) is 1. The predicted octanol–water partition coefficient (Wildman–Crippen LogP) is 3.51. The second-order valence-electron chi connectivity index (χ2n) is 4.49. The number of carbonyl (C=O) groups excluding carboxylic acids is 1. The van der Waals surface area contributed by atoms with Crippen LogP contribution in [0.25, 0.3) is 0 Å². The van der Waals surface area contributed by atoms with E-state index in [0.717, 1.165) is 10.0 Å². The van der Waals surface area contributed by atoms with E-state index < -0.39 is 0 Å². The van der Waals surface area contributed by atoms with Gasteiger partial charge in [-0.05, 0) is 17.7 Å². The van der Waals surface area contributed by atoms with Gasteiger partial charge in [-0.3, -0.25) is 4.79 Å². The highest BCUT2D eigenvalue weighted by Crippen LogP contribution is 2.20. The fraction of sp³-hybridized carbons (Fsp3) is 0.500. The Kier molecular flexibility index (Phi) is 5.86. The minimum atomic E-state index is -0.0319. The zero-order valence-corrected chi connectivity index (χ0v) is 12.3. The van der Waals surface area contributed by atoms with Crippen LogP contribution in [-0.2, 0) is 4.79 Å². The van der Waals surface area contributed by atoms with Crippen molar-refractivity contribution >= 4 is 21.7 Å². The van der Waals surface area contributed by atoms with Gasteiger partial charge in [0.2, 0.25) is 0 Å². The number of halogens is 1. The molecule has 17 heavy (non-hydrogen) atoms. The molecular formula is C14H20BrNO. The number of benzene rings is 1. The lowest BCUT2D eigenvalue weighted by atomic mass is 9.93. The highest BCUT2D eigenvalue weighted by molar-refractivity contribution is 9.10. The fourth-order valence-corrected chi connectivity index (χ4v) is 1.98. The van der Waals surface area contributed by atoms with E-state index in [9.17, 15) is 4.79 Å². The first-order valence-corrected chi connectivity index (χ1v) is 6.85. The second-order valence-corrected chi connectivity index (χ2v) is 5.40. The van der Waals surface area contributed by atoms with Crippen molar-refractivity contribution in [2.24, 2.45) is 0 Å². The van der Waals surface area contributed by atoms with Gasteiger partial charge in [0.1, 0.15) is 5.78 Å². The van der Waals surface area contributed by atoms with Gasteiger partial charge in [0, 0.05) is 23.5 Å². The van der Waals surface area contributed by atoms with Crippen LogP contribution < -0.4 is 5.32 Å². The zero-order valence-electron chi connectivity index (χ0n) is 10.7. The Bertz CT molecular complexity index is 359. The number of rotatable bonds is 6. The first kappa shape index (κ1) is 14.4. The van der Waals surface area contributed by atoms with Gasteiger partial charge in [-0.25, -0.2) is 0 Å². The van der Waals surface area contributed by atoms with Crippen molar-refractivity contribution in [3.63, 3.8) is 0 Å². The summed E-state index contributed by atoms with van der Waals surface area (Å²) < 4.78 is 1.04. The highest BCUT2D eigenvalue weighted by Gasteiger charge is 2.18. The monoisotopic (exact) mass is 297 g/mol. The zero-order chi connectivity index (χ0) is 12.8. The number of carbonyl (C=O) groups is 1. The summed E-state index contributed by atoms with van der Waals surface area (Å²) in [7, 11) is 0. The maximum absolute atomic E-state index is 12.0. The smallest absolute Gasteiger partial charge is 0.141 e. The lowest BCUT2D eigenvalue weighted by Gasteiger charge is -2.18. The van der Waals surface area contributed by atoms with Crippen LogP contribution in [0.15, 0.2) is 28.7 Å². The summed E-state index contributed by atoms with van der Waals surface area (Å²) in [5.41, 5.74) is 1.09. The number of ketones is 1. The number of hydrogen-bond donors (Lipinski definition) is 1. The van der Waals surface area contributed by atoms with Gasteiger partial charge >= 0.3 is 0 Å². The summed E-state index contributed by atoms with van der Waals surface area (Å²) >= 11 is 3.41. The van der Waals surface area contributed by atoms with Gasteiger partial charge in [-0.2, -0.15) is 0 Å². The Hall–Kier alpha value is -0.670. The molecule has 0 bridgehead atoms. The standard InChI is InChI=1S/C14H20BrNO/c1-4-14(17)13(9-16-10(2)3)11-5-7-12(15)8-6-11/h5-8,10,13,16H,4,9H2,1-3H3. The average Bonchev–Trinajstić information content (AvgIpc) is 2.30. The lowest BCUT2D eigenvalue weighted by Crippen LogP contribution is -2.31. The molecule has 1 rings (SSSR count). The molecule has 0 aromatic heterocycles. The maximum Gasteiger partial charge on any atom is 0.141 e. The third-order valence-electron chi connectivity index (χ3n) is 2.74.